The van der Waals surface area contributed by atoms with Crippen molar-refractivity contribution in [3.8, 4) is 0 Å². The summed E-state index contributed by atoms with van der Waals surface area (Å²) in [6.07, 6.45) is -1.18. The van der Waals surface area contributed by atoms with Crippen molar-refractivity contribution < 1.29 is 48.6 Å². The van der Waals surface area contributed by atoms with Crippen LogP contribution in [0.15, 0.2) is 10.5 Å². The molecule has 168 valence electrons. The van der Waals surface area contributed by atoms with E-state index < -0.39 is 67.5 Å². The number of anilines is 1. The lowest BCUT2D eigenvalue weighted by atomic mass is 9.98. The molecule has 1 aromatic rings. The number of rotatable bonds is 11. The number of nitrogens with two attached hydrogens (primary N) is 2. The zero-order valence-corrected chi connectivity index (χ0v) is 16.2. The van der Waals surface area contributed by atoms with Gasteiger partial charge in [-0.1, -0.05) is 5.16 Å². The molecule has 0 radical (unpaired) electrons. The highest BCUT2D eigenvalue weighted by Crippen LogP contribution is 2.22. The molecule has 1 aromatic heterocycles. The number of nitrogens with zero attached hydrogens (tertiary/aromatic N) is 3. The number of carbonyl (C=O) groups excluding carboxylic acids is 3. The minimum atomic E-state index is -1.37. The van der Waals surface area contributed by atoms with Crippen molar-refractivity contribution in [3.63, 3.8) is 0 Å². The molecule has 2 rings (SSSR count). The molecule has 1 fully saturated rings. The second kappa shape index (κ2) is 10.2. The molecule has 1 saturated heterocycles. The standard InChI is InChI=1S/C14H16N6O10S/c15-13-17-5(4-31-13)9(19-29-2-7(21)22)11(25)18-10-6(1-28-14(16)27)20(12(10)26)30-3-8(23)24/h4,6,10H,1-3H2,(H2,15,17)(H2,16,27)(H,18,25)(H,21,22)(H,23,24)/b19-9-/t6-,10+/m1/s1. The van der Waals surface area contributed by atoms with Crippen LogP contribution in [0.5, 0.6) is 0 Å². The van der Waals surface area contributed by atoms with Crippen LogP contribution in [-0.2, 0) is 33.6 Å². The fourth-order valence-corrected chi connectivity index (χ4v) is 2.80. The number of thiazole rings is 1. The summed E-state index contributed by atoms with van der Waals surface area (Å²) in [7, 11) is 0. The van der Waals surface area contributed by atoms with Crippen LogP contribution in [0, 0.1) is 0 Å². The first-order valence-corrected chi connectivity index (χ1v) is 9.02. The van der Waals surface area contributed by atoms with Crippen molar-refractivity contribution in [2.45, 2.75) is 12.1 Å². The number of hydrogen-bond donors (Lipinski definition) is 5. The second-order valence-electron chi connectivity index (χ2n) is 5.66. The molecule has 1 aliphatic rings. The molecular formula is C14H16N6O10S. The van der Waals surface area contributed by atoms with Crippen LogP contribution in [0.1, 0.15) is 5.69 Å². The van der Waals surface area contributed by atoms with Gasteiger partial charge in [-0.05, 0) is 0 Å². The van der Waals surface area contributed by atoms with E-state index in [9.17, 15) is 24.0 Å². The maximum Gasteiger partial charge on any atom is 0.404 e. The van der Waals surface area contributed by atoms with Crippen LogP contribution in [-0.4, -0.2) is 87.7 Å². The van der Waals surface area contributed by atoms with Gasteiger partial charge in [-0.15, -0.1) is 11.3 Å². The first kappa shape index (κ1) is 23.3. The molecule has 2 atom stereocenters. The van der Waals surface area contributed by atoms with E-state index in [4.69, 9.17) is 26.5 Å². The Kier molecular flexibility index (Phi) is 7.64. The Hall–Kier alpha value is -3.99. The fourth-order valence-electron chi connectivity index (χ4n) is 2.25. The van der Waals surface area contributed by atoms with Crippen LogP contribution >= 0.6 is 11.3 Å². The molecule has 0 aliphatic carbocycles. The van der Waals surface area contributed by atoms with Crippen LogP contribution in [0.3, 0.4) is 0 Å². The van der Waals surface area contributed by atoms with Crippen LogP contribution < -0.4 is 16.8 Å². The number of primary amides is 1. The van der Waals surface area contributed by atoms with Crippen molar-refractivity contribution in [2.75, 3.05) is 25.6 Å². The van der Waals surface area contributed by atoms with Crippen molar-refractivity contribution in [2.24, 2.45) is 10.9 Å². The van der Waals surface area contributed by atoms with Crippen molar-refractivity contribution >= 4 is 52.0 Å². The highest BCUT2D eigenvalue weighted by atomic mass is 32.1. The highest BCUT2D eigenvalue weighted by molar-refractivity contribution is 7.13. The molecule has 0 spiro atoms. The van der Waals surface area contributed by atoms with Gasteiger partial charge in [0, 0.05) is 5.38 Å². The lowest BCUT2D eigenvalue weighted by Gasteiger charge is -2.44. The third kappa shape index (κ3) is 6.24. The van der Waals surface area contributed by atoms with Gasteiger partial charge in [0.15, 0.2) is 17.5 Å². The maximum absolute atomic E-state index is 12.7. The Bertz CT molecular complexity index is 917. The van der Waals surface area contributed by atoms with Gasteiger partial charge in [-0.3, -0.25) is 14.4 Å². The Balaban J connectivity index is 2.17. The fraction of sp³-hybridized carbons (Fsp3) is 0.357. The summed E-state index contributed by atoms with van der Waals surface area (Å²) >= 11 is 0.962. The van der Waals surface area contributed by atoms with E-state index in [2.05, 4.69) is 25.0 Å². The number of oxime groups is 1. The third-order valence-corrected chi connectivity index (χ3v) is 4.18. The number of β-lactam (4-membered cyclic amide) rings is 1. The van der Waals surface area contributed by atoms with Crippen LogP contribution in [0.2, 0.25) is 0 Å². The Morgan fingerprint density at radius 2 is 1.94 bits per heavy atom. The van der Waals surface area contributed by atoms with Gasteiger partial charge in [-0.2, -0.15) is 0 Å². The van der Waals surface area contributed by atoms with Gasteiger partial charge in [0.05, 0.1) is 0 Å². The van der Waals surface area contributed by atoms with Gasteiger partial charge >= 0.3 is 18.0 Å². The summed E-state index contributed by atoms with van der Waals surface area (Å²) in [5, 5.41) is 25.1. The smallest absolute Gasteiger partial charge is 0.404 e. The molecule has 1 aliphatic heterocycles. The van der Waals surface area contributed by atoms with E-state index >= 15 is 0 Å². The first-order valence-electron chi connectivity index (χ1n) is 8.14. The molecule has 0 aromatic carbocycles. The largest absolute Gasteiger partial charge is 0.479 e. The predicted molar refractivity (Wildman–Crippen MR) is 98.3 cm³/mol. The number of nitrogens with one attached hydrogen (secondary N) is 1. The predicted octanol–water partition coefficient (Wildman–Crippen LogP) is -2.66. The number of carboxylic acid groups (broad SMARTS) is 2. The number of carboxylic acids is 2. The lowest BCUT2D eigenvalue weighted by Crippen LogP contribution is -2.72. The first-order chi connectivity index (χ1) is 14.6. The number of hydrogen-bond acceptors (Lipinski definition) is 12. The maximum atomic E-state index is 12.7. The summed E-state index contributed by atoms with van der Waals surface area (Å²) in [5.74, 6) is -4.58. The SMILES string of the molecule is NC(=O)OC[C@@H]1[C@H](NC(=O)/C(=N\OCC(=O)O)c2csc(N)n2)C(=O)N1OCC(=O)O. The average molecular weight is 460 g/mol. The van der Waals surface area contributed by atoms with Gasteiger partial charge in [0.1, 0.15) is 24.4 Å². The molecule has 0 saturated carbocycles. The van der Waals surface area contributed by atoms with Crippen molar-refractivity contribution in [3.05, 3.63) is 11.1 Å². The third-order valence-electron chi connectivity index (χ3n) is 3.50. The number of hydroxylamine groups is 2. The van der Waals surface area contributed by atoms with E-state index in [1.54, 1.807) is 0 Å². The topological polar surface area (TPSA) is 246 Å². The molecule has 2 heterocycles. The number of aromatic nitrogens is 1. The van der Waals surface area contributed by atoms with Gasteiger partial charge in [-0.25, -0.2) is 24.4 Å². The van der Waals surface area contributed by atoms with Gasteiger partial charge in [0.2, 0.25) is 6.61 Å². The van der Waals surface area contributed by atoms with E-state index in [0.29, 0.717) is 5.06 Å². The average Bonchev–Trinajstić information content (AvgIpc) is 3.10. The molecule has 0 unspecified atom stereocenters. The summed E-state index contributed by atoms with van der Waals surface area (Å²) in [5.41, 5.74) is 9.87. The molecular weight excluding hydrogens is 444 g/mol. The summed E-state index contributed by atoms with van der Waals surface area (Å²) in [6.45, 7) is -2.24. The number of amides is 3. The Morgan fingerprint density at radius 3 is 2.48 bits per heavy atom. The van der Waals surface area contributed by atoms with Crippen LogP contribution in [0.4, 0.5) is 9.93 Å². The van der Waals surface area contributed by atoms with E-state index in [1.807, 2.05) is 0 Å². The lowest BCUT2D eigenvalue weighted by molar-refractivity contribution is -0.240. The van der Waals surface area contributed by atoms with Gasteiger partial charge in [0.25, 0.3) is 11.8 Å². The number of nitrogen functional groups attached to an aromatic ring is 1. The quantitative estimate of drug-likeness (QED) is 0.129. The second-order valence-corrected chi connectivity index (χ2v) is 6.55. The minimum absolute atomic E-state index is 0.0546. The van der Waals surface area contributed by atoms with Crippen LogP contribution in [0.25, 0.3) is 0 Å². The number of aliphatic carboxylic acids is 2. The summed E-state index contributed by atoms with van der Waals surface area (Å²) in [6, 6.07) is -2.42. The molecule has 0 bridgehead atoms. The molecule has 17 heteroatoms. The molecule has 16 nitrogen and oxygen atoms in total. The minimum Gasteiger partial charge on any atom is -0.479 e. The monoisotopic (exact) mass is 460 g/mol. The number of carbonyl (C=O) groups is 5. The van der Waals surface area contributed by atoms with E-state index in [1.165, 1.54) is 5.38 Å². The normalized spacial score (nSPS) is 18.1. The Labute approximate surface area is 176 Å². The summed E-state index contributed by atoms with van der Waals surface area (Å²) in [4.78, 5) is 70.3. The van der Waals surface area contributed by atoms with Crippen molar-refractivity contribution in [1.82, 2.24) is 15.4 Å². The number of ether oxygens (including phenoxy) is 1. The molecule has 7 N–H and O–H groups in total. The van der Waals surface area contributed by atoms with E-state index in [-0.39, 0.29) is 10.8 Å². The zero-order chi connectivity index (χ0) is 23.1. The zero-order valence-electron chi connectivity index (χ0n) is 15.4. The van der Waals surface area contributed by atoms with Crippen molar-refractivity contribution in [1.29, 1.82) is 0 Å². The highest BCUT2D eigenvalue weighted by Gasteiger charge is 2.51. The molecule has 3 amide bonds. The Morgan fingerprint density at radius 1 is 1.26 bits per heavy atom. The summed E-state index contributed by atoms with van der Waals surface area (Å²) < 4.78 is 4.60. The van der Waals surface area contributed by atoms with E-state index in [0.717, 1.165) is 11.3 Å². The molecule has 31 heavy (non-hydrogen) atoms. The van der Waals surface area contributed by atoms with Gasteiger partial charge < -0.3 is 36.6 Å².